The second kappa shape index (κ2) is 8.29. The lowest BCUT2D eigenvalue weighted by molar-refractivity contribution is 0.0944. The minimum atomic E-state index is -0.315. The highest BCUT2D eigenvalue weighted by Gasteiger charge is 2.19. The van der Waals surface area contributed by atoms with Crippen molar-refractivity contribution in [3.63, 3.8) is 0 Å². The molecule has 7 heteroatoms. The Balaban J connectivity index is 2.21. The Labute approximate surface area is 147 Å². The number of benzene rings is 1. The maximum atomic E-state index is 12.3. The molecule has 2 aromatic rings. The van der Waals surface area contributed by atoms with Crippen molar-refractivity contribution in [3.8, 4) is 17.5 Å². The van der Waals surface area contributed by atoms with E-state index in [9.17, 15) is 4.79 Å². The third-order valence-corrected chi connectivity index (χ3v) is 3.56. The number of rotatable bonds is 7. The standard InChI is InChI=1S/C18H23N5O2/c1-5-16-17(18(24)20-11-13(4)10-19)21-22-23(16)14-6-8-15(9-7-14)25-12(2)3/h6-9,12-13H,5,11H2,1-4H3,(H,20,24)/t13-/m1/s1. The van der Waals surface area contributed by atoms with E-state index in [1.165, 1.54) is 0 Å². The van der Waals surface area contributed by atoms with Crippen molar-refractivity contribution >= 4 is 5.91 Å². The van der Waals surface area contributed by atoms with Crippen LogP contribution in [-0.2, 0) is 6.42 Å². The highest BCUT2D eigenvalue weighted by atomic mass is 16.5. The predicted molar refractivity (Wildman–Crippen MR) is 93.6 cm³/mol. The van der Waals surface area contributed by atoms with E-state index in [1.807, 2.05) is 45.0 Å². The van der Waals surface area contributed by atoms with Crippen LogP contribution >= 0.6 is 0 Å². The zero-order valence-corrected chi connectivity index (χ0v) is 15.0. The monoisotopic (exact) mass is 341 g/mol. The Bertz CT molecular complexity index is 759. The highest BCUT2D eigenvalue weighted by Crippen LogP contribution is 2.19. The molecule has 7 nitrogen and oxygen atoms in total. The third kappa shape index (κ3) is 4.57. The fourth-order valence-electron chi connectivity index (χ4n) is 2.32. The van der Waals surface area contributed by atoms with Gasteiger partial charge in [-0.25, -0.2) is 4.68 Å². The summed E-state index contributed by atoms with van der Waals surface area (Å²) < 4.78 is 7.29. The first-order valence-electron chi connectivity index (χ1n) is 8.35. The average Bonchev–Trinajstić information content (AvgIpc) is 3.03. The molecule has 2 rings (SSSR count). The van der Waals surface area contributed by atoms with E-state index >= 15 is 0 Å². The second-order valence-electron chi connectivity index (χ2n) is 6.05. The number of carbonyl (C=O) groups is 1. The van der Waals surface area contributed by atoms with Crippen molar-refractivity contribution in [3.05, 3.63) is 35.7 Å². The maximum absolute atomic E-state index is 12.3. The number of nitrogens with zero attached hydrogens (tertiary/aromatic N) is 4. The van der Waals surface area contributed by atoms with E-state index in [4.69, 9.17) is 10.00 Å². The summed E-state index contributed by atoms with van der Waals surface area (Å²) in [4.78, 5) is 12.3. The van der Waals surface area contributed by atoms with Crippen molar-refractivity contribution in [2.24, 2.45) is 5.92 Å². The predicted octanol–water partition coefficient (Wildman–Crippen LogP) is 2.51. The molecule has 0 spiro atoms. The summed E-state index contributed by atoms with van der Waals surface area (Å²) in [5, 5.41) is 19.7. The second-order valence-corrected chi connectivity index (χ2v) is 6.05. The lowest BCUT2D eigenvalue weighted by Crippen LogP contribution is -2.29. The number of amides is 1. The molecule has 25 heavy (non-hydrogen) atoms. The quantitative estimate of drug-likeness (QED) is 0.835. The van der Waals surface area contributed by atoms with E-state index in [-0.39, 0.29) is 30.2 Å². The molecule has 0 saturated carbocycles. The largest absolute Gasteiger partial charge is 0.491 e. The van der Waals surface area contributed by atoms with Crippen LogP contribution < -0.4 is 10.1 Å². The third-order valence-electron chi connectivity index (χ3n) is 3.56. The van der Waals surface area contributed by atoms with Gasteiger partial charge in [0, 0.05) is 6.54 Å². The summed E-state index contributed by atoms with van der Waals surface area (Å²) in [5.41, 5.74) is 1.82. The molecule has 1 aromatic carbocycles. The van der Waals surface area contributed by atoms with Crippen LogP contribution in [0.15, 0.2) is 24.3 Å². The van der Waals surface area contributed by atoms with Gasteiger partial charge in [-0.15, -0.1) is 5.10 Å². The number of nitriles is 1. The molecule has 0 radical (unpaired) electrons. The minimum Gasteiger partial charge on any atom is -0.491 e. The molecule has 0 unspecified atom stereocenters. The molecular weight excluding hydrogens is 318 g/mol. The van der Waals surface area contributed by atoms with Crippen molar-refractivity contribution < 1.29 is 9.53 Å². The van der Waals surface area contributed by atoms with Crippen LogP contribution in [0.5, 0.6) is 5.75 Å². The Hall–Kier alpha value is -2.88. The Morgan fingerprint density at radius 3 is 2.56 bits per heavy atom. The number of carbonyl (C=O) groups excluding carboxylic acids is 1. The fraction of sp³-hybridized carbons (Fsp3) is 0.444. The zero-order valence-electron chi connectivity index (χ0n) is 15.0. The van der Waals surface area contributed by atoms with Gasteiger partial charge in [-0.05, 0) is 51.5 Å². The fourth-order valence-corrected chi connectivity index (χ4v) is 2.32. The van der Waals surface area contributed by atoms with Gasteiger partial charge in [-0.2, -0.15) is 5.26 Å². The van der Waals surface area contributed by atoms with Crippen molar-refractivity contribution in [2.45, 2.75) is 40.2 Å². The number of aromatic nitrogens is 3. The molecule has 0 aliphatic carbocycles. The number of nitrogens with one attached hydrogen (secondary N) is 1. The van der Waals surface area contributed by atoms with Gasteiger partial charge in [0.05, 0.1) is 29.5 Å². The van der Waals surface area contributed by atoms with Gasteiger partial charge in [-0.3, -0.25) is 4.79 Å². The Morgan fingerprint density at radius 2 is 2.00 bits per heavy atom. The van der Waals surface area contributed by atoms with Crippen molar-refractivity contribution in [2.75, 3.05) is 6.54 Å². The first-order chi connectivity index (χ1) is 12.0. The maximum Gasteiger partial charge on any atom is 0.273 e. The van der Waals surface area contributed by atoms with Crippen LogP contribution in [0.1, 0.15) is 43.9 Å². The Kier molecular flexibility index (Phi) is 6.12. The summed E-state index contributed by atoms with van der Waals surface area (Å²) in [6.45, 7) is 7.92. The summed E-state index contributed by atoms with van der Waals surface area (Å²) >= 11 is 0. The van der Waals surface area contributed by atoms with Gasteiger partial charge in [-0.1, -0.05) is 12.1 Å². The van der Waals surface area contributed by atoms with E-state index in [1.54, 1.807) is 11.6 Å². The van der Waals surface area contributed by atoms with Crippen LogP contribution in [0, 0.1) is 17.2 Å². The number of ether oxygens (including phenoxy) is 1. The van der Waals surface area contributed by atoms with Crippen LogP contribution in [-0.4, -0.2) is 33.5 Å². The van der Waals surface area contributed by atoms with Crippen LogP contribution in [0.4, 0.5) is 0 Å². The molecule has 0 saturated heterocycles. The van der Waals surface area contributed by atoms with E-state index in [0.29, 0.717) is 6.42 Å². The van der Waals surface area contributed by atoms with Crippen LogP contribution in [0.25, 0.3) is 5.69 Å². The number of hydrogen-bond donors (Lipinski definition) is 1. The molecular formula is C18H23N5O2. The summed E-state index contributed by atoms with van der Waals surface area (Å²) in [7, 11) is 0. The van der Waals surface area contributed by atoms with E-state index in [0.717, 1.165) is 17.1 Å². The lowest BCUT2D eigenvalue weighted by Gasteiger charge is -2.11. The zero-order chi connectivity index (χ0) is 18.4. The molecule has 0 aliphatic heterocycles. The van der Waals surface area contributed by atoms with Gasteiger partial charge >= 0.3 is 0 Å². The molecule has 1 aromatic heterocycles. The van der Waals surface area contributed by atoms with Gasteiger partial charge in [0.2, 0.25) is 0 Å². The Morgan fingerprint density at radius 1 is 1.32 bits per heavy atom. The van der Waals surface area contributed by atoms with Crippen LogP contribution in [0.2, 0.25) is 0 Å². The normalized spacial score (nSPS) is 11.8. The topological polar surface area (TPSA) is 92.8 Å². The van der Waals surface area contributed by atoms with Gasteiger partial charge in [0.15, 0.2) is 5.69 Å². The first kappa shape index (κ1) is 18.5. The van der Waals surface area contributed by atoms with E-state index < -0.39 is 0 Å². The number of hydrogen-bond acceptors (Lipinski definition) is 5. The summed E-state index contributed by atoms with van der Waals surface area (Å²) in [6, 6.07) is 9.57. The molecule has 132 valence electrons. The highest BCUT2D eigenvalue weighted by molar-refractivity contribution is 5.93. The summed E-state index contributed by atoms with van der Waals surface area (Å²) in [5.74, 6) is 0.211. The average molecular weight is 341 g/mol. The lowest BCUT2D eigenvalue weighted by atomic mass is 10.2. The van der Waals surface area contributed by atoms with Gasteiger partial charge in [0.1, 0.15) is 5.75 Å². The van der Waals surface area contributed by atoms with Crippen molar-refractivity contribution in [1.29, 1.82) is 5.26 Å². The van der Waals surface area contributed by atoms with E-state index in [2.05, 4.69) is 21.7 Å². The molecule has 0 bridgehead atoms. The smallest absolute Gasteiger partial charge is 0.273 e. The van der Waals surface area contributed by atoms with Gasteiger partial charge in [0.25, 0.3) is 5.91 Å². The van der Waals surface area contributed by atoms with Gasteiger partial charge < -0.3 is 10.1 Å². The molecule has 1 N–H and O–H groups in total. The van der Waals surface area contributed by atoms with Crippen molar-refractivity contribution in [1.82, 2.24) is 20.3 Å². The molecule has 1 amide bonds. The minimum absolute atomic E-state index is 0.106. The molecule has 1 heterocycles. The van der Waals surface area contributed by atoms with Crippen LogP contribution in [0.3, 0.4) is 0 Å². The summed E-state index contributed by atoms with van der Waals surface area (Å²) in [6.07, 6.45) is 0.711. The molecule has 1 atom stereocenters. The SMILES string of the molecule is CCc1c(C(=O)NC[C@H](C)C#N)nnn1-c1ccc(OC(C)C)cc1. The first-order valence-corrected chi connectivity index (χ1v) is 8.35. The molecule has 0 aliphatic rings. The molecule has 0 fully saturated rings.